The first kappa shape index (κ1) is 19.5. The van der Waals surface area contributed by atoms with Crippen molar-refractivity contribution in [3.8, 4) is 0 Å². The molecule has 4 nitrogen and oxygen atoms in total. The molecule has 0 aliphatic heterocycles. The molecule has 0 spiro atoms. The maximum absolute atomic E-state index is 10.2. The molecule has 0 radical (unpaired) electrons. The lowest BCUT2D eigenvalue weighted by Crippen LogP contribution is -1.91. The van der Waals surface area contributed by atoms with Crippen LogP contribution in [0.1, 0.15) is 48.8 Å². The van der Waals surface area contributed by atoms with Crippen LogP contribution in [0.3, 0.4) is 0 Å². The Morgan fingerprint density at radius 1 is 0.654 bits per heavy atom. The highest BCUT2D eigenvalue weighted by atomic mass is 16.1. The molecule has 2 aromatic carbocycles. The summed E-state index contributed by atoms with van der Waals surface area (Å²) in [6.07, 6.45) is 10.8. The number of hydrogen-bond donors (Lipinski definition) is 0. The van der Waals surface area contributed by atoms with Crippen molar-refractivity contribution < 1.29 is 9.59 Å². The van der Waals surface area contributed by atoms with Crippen molar-refractivity contribution in [1.29, 1.82) is 0 Å². The third kappa shape index (κ3) is 7.40. The highest BCUT2D eigenvalue weighted by molar-refractivity contribution is 5.49. The minimum absolute atomic E-state index is 0.609. The first-order chi connectivity index (χ1) is 12.8. The van der Waals surface area contributed by atoms with Crippen molar-refractivity contribution in [2.75, 3.05) is 6.54 Å². The maximum Gasteiger partial charge on any atom is 0.240 e. The molecule has 0 unspecified atom stereocenters. The molecule has 2 rings (SSSR count). The summed E-state index contributed by atoms with van der Waals surface area (Å²) in [5.41, 5.74) is 4.48. The van der Waals surface area contributed by atoms with Gasteiger partial charge in [-0.05, 0) is 54.5 Å². The lowest BCUT2D eigenvalue weighted by atomic mass is 10.0. The SMILES string of the molecule is O=C=NCCCCCCCc1ccc(Cc2ccc(N=C=O)cc2)cc1. The fraction of sp³-hybridized carbons (Fsp3) is 0.364. The maximum atomic E-state index is 10.2. The van der Waals surface area contributed by atoms with E-state index in [9.17, 15) is 9.59 Å². The number of isocyanates is 2. The van der Waals surface area contributed by atoms with Crippen molar-refractivity contribution in [2.45, 2.75) is 44.9 Å². The van der Waals surface area contributed by atoms with Crippen molar-refractivity contribution in [2.24, 2.45) is 9.98 Å². The summed E-state index contributed by atoms with van der Waals surface area (Å²) in [5.74, 6) is 0. The van der Waals surface area contributed by atoms with E-state index in [1.165, 1.54) is 36.0 Å². The van der Waals surface area contributed by atoms with Gasteiger partial charge in [-0.25, -0.2) is 14.6 Å². The Morgan fingerprint density at radius 3 is 1.88 bits per heavy atom. The van der Waals surface area contributed by atoms with Crippen molar-refractivity contribution in [1.82, 2.24) is 0 Å². The Kier molecular flexibility index (Phi) is 8.79. The van der Waals surface area contributed by atoms with Gasteiger partial charge in [-0.2, -0.15) is 4.99 Å². The molecule has 0 N–H and O–H groups in total. The standard InChI is InChI=1S/C22H24N2O2/c25-17-23-15-5-3-1-2-4-6-19-7-9-20(10-8-19)16-21-11-13-22(14-12-21)24-18-26/h7-14H,1-6,15-16H2. The van der Waals surface area contributed by atoms with Gasteiger partial charge in [0.2, 0.25) is 12.2 Å². The number of unbranched alkanes of at least 4 members (excludes halogenated alkanes) is 4. The second-order valence-corrected chi connectivity index (χ2v) is 6.35. The zero-order chi connectivity index (χ0) is 18.5. The van der Waals surface area contributed by atoms with Crippen LogP contribution in [0.5, 0.6) is 0 Å². The van der Waals surface area contributed by atoms with E-state index in [1.54, 1.807) is 12.2 Å². The van der Waals surface area contributed by atoms with E-state index in [0.29, 0.717) is 12.2 Å². The molecule has 0 atom stereocenters. The summed E-state index contributed by atoms with van der Waals surface area (Å²) in [7, 11) is 0. The molecule has 0 aromatic heterocycles. The van der Waals surface area contributed by atoms with E-state index >= 15 is 0 Å². The minimum atomic E-state index is 0.609. The Bertz CT molecular complexity index is 754. The summed E-state index contributed by atoms with van der Waals surface area (Å²) < 4.78 is 0. The van der Waals surface area contributed by atoms with Crippen molar-refractivity contribution >= 4 is 17.8 Å². The van der Waals surface area contributed by atoms with E-state index in [-0.39, 0.29) is 0 Å². The van der Waals surface area contributed by atoms with Crippen molar-refractivity contribution in [3.63, 3.8) is 0 Å². The van der Waals surface area contributed by atoms with E-state index in [1.807, 2.05) is 24.3 Å². The molecule has 0 aliphatic rings. The van der Waals surface area contributed by atoms with E-state index in [2.05, 4.69) is 34.3 Å². The smallest absolute Gasteiger partial charge is 0.211 e. The predicted octanol–water partition coefficient (Wildman–Crippen LogP) is 5.07. The van der Waals surface area contributed by atoms with Gasteiger partial charge in [0.25, 0.3) is 0 Å². The molecule has 0 amide bonds. The lowest BCUT2D eigenvalue weighted by molar-refractivity contribution is 0.560. The average Bonchev–Trinajstić information content (AvgIpc) is 2.67. The largest absolute Gasteiger partial charge is 0.240 e. The molecule has 2 aromatic rings. The topological polar surface area (TPSA) is 58.9 Å². The summed E-state index contributed by atoms with van der Waals surface area (Å²) >= 11 is 0. The number of carbonyl (C=O) groups excluding carboxylic acids is 2. The molecule has 0 saturated carbocycles. The molecule has 0 heterocycles. The van der Waals surface area contributed by atoms with Crippen LogP contribution >= 0.6 is 0 Å². The van der Waals surface area contributed by atoms with Crippen LogP contribution in [0.25, 0.3) is 0 Å². The molecule has 0 fully saturated rings. The molecule has 0 bridgehead atoms. The highest BCUT2D eigenvalue weighted by Crippen LogP contribution is 2.16. The fourth-order valence-electron chi connectivity index (χ4n) is 2.90. The van der Waals surface area contributed by atoms with Gasteiger partial charge in [0, 0.05) is 0 Å². The summed E-state index contributed by atoms with van der Waals surface area (Å²) in [5, 5.41) is 0. The number of aryl methyl sites for hydroxylation is 1. The summed E-state index contributed by atoms with van der Waals surface area (Å²) in [4.78, 5) is 27.4. The summed E-state index contributed by atoms with van der Waals surface area (Å²) in [6, 6.07) is 16.4. The number of hydrogen-bond acceptors (Lipinski definition) is 4. The second kappa shape index (κ2) is 11.7. The number of benzene rings is 2. The molecule has 0 aliphatic carbocycles. The second-order valence-electron chi connectivity index (χ2n) is 6.35. The first-order valence-electron chi connectivity index (χ1n) is 9.10. The van der Waals surface area contributed by atoms with Crippen LogP contribution in [-0.4, -0.2) is 18.7 Å². The van der Waals surface area contributed by atoms with Gasteiger partial charge in [-0.3, -0.25) is 0 Å². The van der Waals surface area contributed by atoms with Crippen LogP contribution in [0.15, 0.2) is 58.5 Å². The lowest BCUT2D eigenvalue weighted by Gasteiger charge is -2.05. The number of aliphatic imine (C=N–C) groups is 2. The van der Waals surface area contributed by atoms with E-state index in [4.69, 9.17) is 0 Å². The van der Waals surface area contributed by atoms with Crippen LogP contribution in [0, 0.1) is 0 Å². The Hall–Kier alpha value is -2.80. The van der Waals surface area contributed by atoms with E-state index < -0.39 is 0 Å². The Labute approximate surface area is 154 Å². The normalized spacial score (nSPS) is 10.0. The summed E-state index contributed by atoms with van der Waals surface area (Å²) in [6.45, 7) is 0.609. The Balaban J connectivity index is 1.70. The molecule has 134 valence electrons. The molecular formula is C22H24N2O2. The molecular weight excluding hydrogens is 324 g/mol. The average molecular weight is 348 g/mol. The van der Waals surface area contributed by atoms with Crippen LogP contribution < -0.4 is 0 Å². The number of nitrogens with zero attached hydrogens (tertiary/aromatic N) is 2. The van der Waals surface area contributed by atoms with Gasteiger partial charge in [-0.15, -0.1) is 0 Å². The van der Waals surface area contributed by atoms with E-state index in [0.717, 1.165) is 25.7 Å². The van der Waals surface area contributed by atoms with Gasteiger partial charge in [0.15, 0.2) is 0 Å². The van der Waals surface area contributed by atoms with Crippen LogP contribution in [0.2, 0.25) is 0 Å². The van der Waals surface area contributed by atoms with Crippen molar-refractivity contribution in [3.05, 3.63) is 65.2 Å². The zero-order valence-corrected chi connectivity index (χ0v) is 15.0. The quantitative estimate of drug-likeness (QED) is 0.323. The molecule has 26 heavy (non-hydrogen) atoms. The van der Waals surface area contributed by atoms with Gasteiger partial charge in [-0.1, -0.05) is 55.7 Å². The van der Waals surface area contributed by atoms with Gasteiger partial charge >= 0.3 is 0 Å². The Morgan fingerprint density at radius 2 is 1.23 bits per heavy atom. The number of rotatable bonds is 11. The molecule has 4 heteroatoms. The van der Waals surface area contributed by atoms with Crippen LogP contribution in [-0.2, 0) is 22.4 Å². The van der Waals surface area contributed by atoms with Gasteiger partial charge < -0.3 is 0 Å². The van der Waals surface area contributed by atoms with Gasteiger partial charge in [0.05, 0.1) is 12.2 Å². The fourth-order valence-corrected chi connectivity index (χ4v) is 2.90. The third-order valence-corrected chi connectivity index (χ3v) is 4.34. The molecule has 0 saturated heterocycles. The zero-order valence-electron chi connectivity index (χ0n) is 15.0. The minimum Gasteiger partial charge on any atom is -0.211 e. The van der Waals surface area contributed by atoms with Crippen LogP contribution in [0.4, 0.5) is 5.69 Å². The van der Waals surface area contributed by atoms with Gasteiger partial charge in [0.1, 0.15) is 0 Å². The monoisotopic (exact) mass is 348 g/mol. The first-order valence-corrected chi connectivity index (χ1v) is 9.10. The predicted molar refractivity (Wildman–Crippen MR) is 103 cm³/mol. The highest BCUT2D eigenvalue weighted by Gasteiger charge is 1.99. The third-order valence-electron chi connectivity index (χ3n) is 4.34.